The maximum absolute atomic E-state index is 12.2. The fourth-order valence-corrected chi connectivity index (χ4v) is 2.85. The van der Waals surface area contributed by atoms with Crippen LogP contribution >= 0.6 is 11.3 Å². The Kier molecular flexibility index (Phi) is 5.93. The van der Waals surface area contributed by atoms with Crippen molar-refractivity contribution in [3.05, 3.63) is 46.2 Å². The molecule has 0 radical (unpaired) electrons. The van der Waals surface area contributed by atoms with Crippen LogP contribution in [-0.4, -0.2) is 24.5 Å². The van der Waals surface area contributed by atoms with Crippen molar-refractivity contribution in [2.24, 2.45) is 0 Å². The molecule has 0 aliphatic carbocycles. The Morgan fingerprint density at radius 2 is 1.91 bits per heavy atom. The summed E-state index contributed by atoms with van der Waals surface area (Å²) in [5.41, 5.74) is 2.96. The minimum Gasteiger partial charge on any atom is -0.451 e. The van der Waals surface area contributed by atoms with E-state index >= 15 is 0 Å². The van der Waals surface area contributed by atoms with Crippen LogP contribution in [0.25, 0.3) is 11.1 Å². The Morgan fingerprint density at radius 1 is 1.22 bits per heavy atom. The van der Waals surface area contributed by atoms with Crippen LogP contribution in [0.15, 0.2) is 35.7 Å². The summed E-state index contributed by atoms with van der Waals surface area (Å²) in [6.45, 7) is 5.65. The highest BCUT2D eigenvalue weighted by Gasteiger charge is 2.17. The van der Waals surface area contributed by atoms with Crippen molar-refractivity contribution in [1.82, 2.24) is 5.32 Å². The summed E-state index contributed by atoms with van der Waals surface area (Å²) in [6, 6.07) is 9.92. The molecule has 0 aliphatic rings. The van der Waals surface area contributed by atoms with Crippen molar-refractivity contribution in [2.45, 2.75) is 33.2 Å². The van der Waals surface area contributed by atoms with Crippen molar-refractivity contribution in [1.29, 1.82) is 0 Å². The molecule has 0 aliphatic heterocycles. The molecule has 122 valence electrons. The van der Waals surface area contributed by atoms with Gasteiger partial charge in [0.05, 0.1) is 0 Å². The first-order valence-corrected chi connectivity index (χ1v) is 8.50. The second-order valence-corrected chi connectivity index (χ2v) is 6.40. The van der Waals surface area contributed by atoms with Gasteiger partial charge in [-0.05, 0) is 37.3 Å². The molecule has 0 saturated carbocycles. The smallest absolute Gasteiger partial charge is 0.349 e. The number of nitrogens with one attached hydrogen (secondary N) is 1. The summed E-state index contributed by atoms with van der Waals surface area (Å²) in [4.78, 5) is 24.4. The Hall–Kier alpha value is -2.14. The van der Waals surface area contributed by atoms with E-state index in [9.17, 15) is 9.59 Å². The van der Waals surface area contributed by atoms with E-state index in [2.05, 4.69) is 5.32 Å². The third-order valence-electron chi connectivity index (χ3n) is 3.57. The Balaban J connectivity index is 2.02. The maximum Gasteiger partial charge on any atom is 0.349 e. The van der Waals surface area contributed by atoms with E-state index in [1.807, 2.05) is 56.5 Å². The molecule has 5 heteroatoms. The summed E-state index contributed by atoms with van der Waals surface area (Å²) in [5, 5.41) is 4.62. The number of aryl methyl sites for hydroxylation is 1. The van der Waals surface area contributed by atoms with E-state index in [0.29, 0.717) is 4.88 Å². The largest absolute Gasteiger partial charge is 0.451 e. The van der Waals surface area contributed by atoms with Gasteiger partial charge in [0.25, 0.3) is 5.91 Å². The van der Waals surface area contributed by atoms with E-state index in [4.69, 9.17) is 4.74 Å². The molecule has 0 bridgehead atoms. The maximum atomic E-state index is 12.2. The van der Waals surface area contributed by atoms with E-state index in [0.717, 1.165) is 23.1 Å². The molecule has 1 atom stereocenters. The van der Waals surface area contributed by atoms with Gasteiger partial charge in [0.2, 0.25) is 0 Å². The highest BCUT2D eigenvalue weighted by atomic mass is 32.1. The zero-order valence-corrected chi connectivity index (χ0v) is 14.4. The lowest BCUT2D eigenvalue weighted by atomic mass is 10.1. The number of carbonyl (C=O) groups excluding carboxylic acids is 2. The van der Waals surface area contributed by atoms with Gasteiger partial charge in [-0.3, -0.25) is 4.79 Å². The van der Waals surface area contributed by atoms with Gasteiger partial charge >= 0.3 is 5.97 Å². The van der Waals surface area contributed by atoms with E-state index in [1.165, 1.54) is 11.3 Å². The van der Waals surface area contributed by atoms with Crippen molar-refractivity contribution in [2.75, 3.05) is 6.61 Å². The number of rotatable bonds is 6. The van der Waals surface area contributed by atoms with Gasteiger partial charge in [-0.1, -0.05) is 36.8 Å². The van der Waals surface area contributed by atoms with E-state index in [-0.39, 0.29) is 18.6 Å². The van der Waals surface area contributed by atoms with Crippen LogP contribution in [0, 0.1) is 6.92 Å². The van der Waals surface area contributed by atoms with Crippen LogP contribution in [0.5, 0.6) is 0 Å². The molecular weight excluding hydrogens is 310 g/mol. The highest BCUT2D eigenvalue weighted by molar-refractivity contribution is 7.12. The number of hydrogen-bond donors (Lipinski definition) is 1. The van der Waals surface area contributed by atoms with Gasteiger partial charge < -0.3 is 10.1 Å². The number of esters is 1. The zero-order chi connectivity index (χ0) is 16.8. The molecule has 1 aromatic carbocycles. The van der Waals surface area contributed by atoms with Crippen LogP contribution in [0.2, 0.25) is 0 Å². The Morgan fingerprint density at radius 3 is 2.57 bits per heavy atom. The first-order valence-electron chi connectivity index (χ1n) is 7.62. The molecule has 1 N–H and O–H groups in total. The fraction of sp³-hybridized carbons (Fsp3) is 0.333. The summed E-state index contributed by atoms with van der Waals surface area (Å²) < 4.78 is 5.14. The van der Waals surface area contributed by atoms with Gasteiger partial charge in [-0.25, -0.2) is 4.79 Å². The zero-order valence-electron chi connectivity index (χ0n) is 13.6. The molecule has 2 aromatic rings. The van der Waals surface area contributed by atoms with Crippen LogP contribution in [0.1, 0.15) is 35.5 Å². The molecule has 0 saturated heterocycles. The SMILES string of the molecule is CC[C@H](C)NC(=O)COC(=O)c1sccc1-c1ccc(C)cc1. The van der Waals surface area contributed by atoms with Gasteiger partial charge in [-0.15, -0.1) is 11.3 Å². The molecule has 1 amide bonds. The number of benzene rings is 1. The third-order valence-corrected chi connectivity index (χ3v) is 4.46. The van der Waals surface area contributed by atoms with Gasteiger partial charge in [-0.2, -0.15) is 0 Å². The topological polar surface area (TPSA) is 55.4 Å². The monoisotopic (exact) mass is 331 g/mol. The molecule has 1 heterocycles. The van der Waals surface area contributed by atoms with Gasteiger partial charge in [0.15, 0.2) is 6.61 Å². The molecule has 0 unspecified atom stereocenters. The molecule has 23 heavy (non-hydrogen) atoms. The number of ether oxygens (including phenoxy) is 1. The minimum absolute atomic E-state index is 0.0751. The number of thiophene rings is 1. The average molecular weight is 331 g/mol. The molecule has 0 fully saturated rings. The van der Waals surface area contributed by atoms with Crippen LogP contribution in [-0.2, 0) is 9.53 Å². The predicted molar refractivity (Wildman–Crippen MR) is 92.7 cm³/mol. The highest BCUT2D eigenvalue weighted by Crippen LogP contribution is 2.29. The predicted octanol–water partition coefficient (Wildman–Crippen LogP) is 3.80. The number of carbonyl (C=O) groups is 2. The first-order chi connectivity index (χ1) is 11.0. The van der Waals surface area contributed by atoms with Gasteiger partial charge in [0, 0.05) is 11.6 Å². The van der Waals surface area contributed by atoms with Crippen molar-refractivity contribution < 1.29 is 14.3 Å². The Bertz CT molecular complexity index is 676. The van der Waals surface area contributed by atoms with Crippen LogP contribution in [0.3, 0.4) is 0 Å². The second-order valence-electron chi connectivity index (χ2n) is 5.48. The minimum atomic E-state index is -0.463. The van der Waals surface area contributed by atoms with Gasteiger partial charge in [0.1, 0.15) is 4.88 Å². The second kappa shape index (κ2) is 7.92. The molecule has 2 rings (SSSR count). The van der Waals surface area contributed by atoms with Crippen molar-refractivity contribution in [3.8, 4) is 11.1 Å². The molecule has 1 aromatic heterocycles. The average Bonchev–Trinajstić information content (AvgIpc) is 3.02. The quantitative estimate of drug-likeness (QED) is 0.819. The lowest BCUT2D eigenvalue weighted by Crippen LogP contribution is -2.35. The van der Waals surface area contributed by atoms with Crippen molar-refractivity contribution in [3.63, 3.8) is 0 Å². The van der Waals surface area contributed by atoms with Crippen molar-refractivity contribution >= 4 is 23.2 Å². The normalized spacial score (nSPS) is 11.8. The number of amides is 1. The lowest BCUT2D eigenvalue weighted by Gasteiger charge is -2.11. The molecule has 0 spiro atoms. The van der Waals surface area contributed by atoms with Crippen LogP contribution < -0.4 is 5.32 Å². The van der Waals surface area contributed by atoms with E-state index < -0.39 is 5.97 Å². The summed E-state index contributed by atoms with van der Waals surface area (Å²) in [5.74, 6) is -0.740. The number of hydrogen-bond acceptors (Lipinski definition) is 4. The van der Waals surface area contributed by atoms with E-state index in [1.54, 1.807) is 0 Å². The molecular formula is C18H21NO3S. The molecule has 4 nitrogen and oxygen atoms in total. The standard InChI is InChI=1S/C18H21NO3S/c1-4-13(3)19-16(20)11-22-18(21)17-15(9-10-23-17)14-7-5-12(2)6-8-14/h5-10,13H,4,11H2,1-3H3,(H,19,20)/t13-/m0/s1. The van der Waals surface area contributed by atoms with Crippen LogP contribution in [0.4, 0.5) is 0 Å². The Labute approximate surface area is 140 Å². The lowest BCUT2D eigenvalue weighted by molar-refractivity contribution is -0.124. The summed E-state index contributed by atoms with van der Waals surface area (Å²) >= 11 is 1.32. The summed E-state index contributed by atoms with van der Waals surface area (Å²) in [6.07, 6.45) is 0.835. The fourth-order valence-electron chi connectivity index (χ4n) is 2.04. The first kappa shape index (κ1) is 17.2. The summed E-state index contributed by atoms with van der Waals surface area (Å²) in [7, 11) is 0. The third kappa shape index (κ3) is 4.66.